The van der Waals surface area contributed by atoms with E-state index < -0.39 is 10.0 Å². The fourth-order valence-corrected chi connectivity index (χ4v) is 5.73. The zero-order valence-electron chi connectivity index (χ0n) is 20.9. The van der Waals surface area contributed by atoms with Crippen molar-refractivity contribution in [1.29, 1.82) is 0 Å². The first-order valence-corrected chi connectivity index (χ1v) is 13.6. The fraction of sp³-hybridized carbons (Fsp3) is 0.250. The maximum atomic E-state index is 13.0. The van der Waals surface area contributed by atoms with E-state index in [0.717, 1.165) is 22.5 Å². The molecule has 0 saturated heterocycles. The number of fused-ring (bicyclic) bond motifs is 1. The molecule has 0 atom stereocenters. The van der Waals surface area contributed by atoms with Crippen LogP contribution in [0.5, 0.6) is 0 Å². The third-order valence-corrected chi connectivity index (χ3v) is 7.95. The number of carbonyl (C=O) groups is 1. The number of hydrogen-bond donors (Lipinski definition) is 2. The van der Waals surface area contributed by atoms with E-state index in [1.165, 1.54) is 4.31 Å². The Bertz CT molecular complexity index is 1350. The van der Waals surface area contributed by atoms with Gasteiger partial charge in [-0.15, -0.1) is 0 Å². The molecule has 8 heteroatoms. The average Bonchev–Trinajstić information content (AvgIpc) is 3.19. The Morgan fingerprint density at radius 3 is 2.22 bits per heavy atom. The molecule has 7 nitrogen and oxygen atoms in total. The highest BCUT2D eigenvalue weighted by molar-refractivity contribution is 7.92. The minimum Gasteiger partial charge on any atom is -0.354 e. The Labute approximate surface area is 213 Å². The largest absolute Gasteiger partial charge is 0.354 e. The lowest BCUT2D eigenvalue weighted by molar-refractivity contribution is -0.110. The number of nitrogens with one attached hydrogen (secondary N) is 2. The maximum absolute atomic E-state index is 13.0. The van der Waals surface area contributed by atoms with Crippen molar-refractivity contribution in [3.05, 3.63) is 90.0 Å². The number of para-hydroxylation sites is 1. The molecule has 1 amide bonds. The summed E-state index contributed by atoms with van der Waals surface area (Å²) in [6.45, 7) is 2.85. The topological polar surface area (TPSA) is 81.8 Å². The molecular formula is C28H32N4O3S. The van der Waals surface area contributed by atoms with Gasteiger partial charge in [0.05, 0.1) is 22.7 Å². The van der Waals surface area contributed by atoms with Crippen molar-refractivity contribution in [2.75, 3.05) is 47.9 Å². The van der Waals surface area contributed by atoms with E-state index in [9.17, 15) is 13.2 Å². The zero-order chi connectivity index (χ0) is 25.7. The molecule has 3 aromatic carbocycles. The molecule has 0 bridgehead atoms. The Hall–Kier alpha value is -3.62. The second kappa shape index (κ2) is 11.0. The summed E-state index contributed by atoms with van der Waals surface area (Å²) in [6, 6.07) is 24.6. The SMILES string of the molecule is CCCS(=O)(=O)N(CCN(C)C)c1ccc(N/C(=C2\C(=O)Nc3ccccc32)c2ccccc2)cc1. The number of amides is 1. The van der Waals surface area contributed by atoms with Gasteiger partial charge in [0.25, 0.3) is 5.91 Å². The lowest BCUT2D eigenvalue weighted by atomic mass is 10.00. The number of carbonyl (C=O) groups excluding carboxylic acids is 1. The molecule has 0 saturated carbocycles. The van der Waals surface area contributed by atoms with Crippen molar-refractivity contribution in [3.63, 3.8) is 0 Å². The third-order valence-electron chi connectivity index (χ3n) is 5.96. The van der Waals surface area contributed by atoms with Gasteiger partial charge in [-0.2, -0.15) is 0 Å². The first kappa shape index (κ1) is 25.5. The Morgan fingerprint density at radius 1 is 0.889 bits per heavy atom. The predicted molar refractivity (Wildman–Crippen MR) is 148 cm³/mol. The first-order valence-electron chi connectivity index (χ1n) is 12.0. The number of hydrogen-bond acceptors (Lipinski definition) is 5. The smallest absolute Gasteiger partial charge is 0.258 e. The van der Waals surface area contributed by atoms with Crippen LogP contribution in [0.25, 0.3) is 11.3 Å². The van der Waals surface area contributed by atoms with Crippen LogP contribution in [0.1, 0.15) is 24.5 Å². The Morgan fingerprint density at radius 2 is 1.56 bits per heavy atom. The van der Waals surface area contributed by atoms with Crippen LogP contribution in [0.3, 0.4) is 0 Å². The van der Waals surface area contributed by atoms with Gasteiger partial charge >= 0.3 is 0 Å². The molecule has 2 N–H and O–H groups in total. The van der Waals surface area contributed by atoms with Gasteiger partial charge in [0.2, 0.25) is 10.0 Å². The molecular weight excluding hydrogens is 472 g/mol. The van der Waals surface area contributed by atoms with Gasteiger partial charge in [-0.05, 0) is 56.4 Å². The van der Waals surface area contributed by atoms with Gasteiger partial charge in [-0.25, -0.2) is 8.42 Å². The highest BCUT2D eigenvalue weighted by Gasteiger charge is 2.28. The van der Waals surface area contributed by atoms with Gasteiger partial charge in [-0.3, -0.25) is 9.10 Å². The molecule has 1 aliphatic heterocycles. The highest BCUT2D eigenvalue weighted by Crippen LogP contribution is 2.37. The van der Waals surface area contributed by atoms with Crippen molar-refractivity contribution < 1.29 is 13.2 Å². The summed E-state index contributed by atoms with van der Waals surface area (Å²) < 4.78 is 27.4. The molecule has 0 spiro atoms. The summed E-state index contributed by atoms with van der Waals surface area (Å²) in [7, 11) is 0.419. The van der Waals surface area contributed by atoms with E-state index in [1.54, 1.807) is 12.1 Å². The summed E-state index contributed by atoms with van der Waals surface area (Å²) in [5, 5.41) is 6.38. The van der Waals surface area contributed by atoms with Crippen LogP contribution in [0, 0.1) is 0 Å². The molecule has 4 rings (SSSR count). The van der Waals surface area contributed by atoms with Gasteiger partial charge in [-0.1, -0.05) is 55.5 Å². The molecule has 0 fully saturated rings. The summed E-state index contributed by atoms with van der Waals surface area (Å²) in [5.74, 6) is -0.0705. The average molecular weight is 505 g/mol. The Balaban J connectivity index is 1.70. The number of likely N-dealkylation sites (N-methyl/N-ethyl adjacent to an activating group) is 1. The molecule has 3 aromatic rings. The number of nitrogens with zero attached hydrogens (tertiary/aromatic N) is 2. The van der Waals surface area contributed by atoms with Gasteiger partial charge in [0, 0.05) is 30.0 Å². The second-order valence-electron chi connectivity index (χ2n) is 8.98. The predicted octanol–water partition coefficient (Wildman–Crippen LogP) is 4.73. The number of rotatable bonds is 10. The van der Waals surface area contributed by atoms with Gasteiger partial charge < -0.3 is 15.5 Å². The lowest BCUT2D eigenvalue weighted by Gasteiger charge is -2.26. The molecule has 0 unspecified atom stereocenters. The standard InChI is InChI=1S/C28H32N4O3S/c1-4-20-36(34,35)32(19-18-31(2)3)23-16-14-22(15-17-23)29-27(21-10-6-5-7-11-21)26-24-12-8-9-13-25(24)30-28(26)33/h5-17,29H,4,18-20H2,1-3H3,(H,30,33)/b27-26-. The van der Waals surface area contributed by atoms with Crippen LogP contribution in [-0.2, 0) is 14.8 Å². The fourth-order valence-electron chi connectivity index (χ4n) is 4.19. The van der Waals surface area contributed by atoms with Crippen molar-refractivity contribution in [3.8, 4) is 0 Å². The van der Waals surface area contributed by atoms with E-state index in [0.29, 0.717) is 36.5 Å². The van der Waals surface area contributed by atoms with Crippen LogP contribution in [-0.4, -0.2) is 52.2 Å². The van der Waals surface area contributed by atoms with Gasteiger partial charge in [0.1, 0.15) is 0 Å². The number of sulfonamides is 1. The van der Waals surface area contributed by atoms with Crippen LogP contribution in [0.15, 0.2) is 78.9 Å². The quantitative estimate of drug-likeness (QED) is 0.390. The molecule has 1 aliphatic rings. The molecule has 0 radical (unpaired) electrons. The monoisotopic (exact) mass is 504 g/mol. The normalized spacial score (nSPS) is 14.4. The minimum absolute atomic E-state index is 0.0964. The minimum atomic E-state index is -3.43. The maximum Gasteiger partial charge on any atom is 0.258 e. The van der Waals surface area contributed by atoms with Crippen LogP contribution in [0.4, 0.5) is 17.1 Å². The number of benzene rings is 3. The van der Waals surface area contributed by atoms with E-state index in [4.69, 9.17) is 0 Å². The summed E-state index contributed by atoms with van der Waals surface area (Å²) >= 11 is 0. The van der Waals surface area contributed by atoms with Crippen LogP contribution >= 0.6 is 0 Å². The summed E-state index contributed by atoms with van der Waals surface area (Å²) in [5.41, 5.74) is 5.12. The van der Waals surface area contributed by atoms with Crippen molar-refractivity contribution in [2.45, 2.75) is 13.3 Å². The lowest BCUT2D eigenvalue weighted by Crippen LogP contribution is -2.38. The molecule has 1 heterocycles. The van der Waals surface area contributed by atoms with E-state index in [1.807, 2.05) is 92.6 Å². The van der Waals surface area contributed by atoms with Crippen LogP contribution < -0.4 is 14.9 Å². The van der Waals surface area contributed by atoms with Crippen molar-refractivity contribution >= 4 is 44.3 Å². The van der Waals surface area contributed by atoms with E-state index >= 15 is 0 Å². The summed E-state index contributed by atoms with van der Waals surface area (Å²) in [4.78, 5) is 15.0. The highest BCUT2D eigenvalue weighted by atomic mass is 32.2. The van der Waals surface area contributed by atoms with Gasteiger partial charge in [0.15, 0.2) is 0 Å². The Kier molecular flexibility index (Phi) is 7.76. The molecule has 0 aromatic heterocycles. The van der Waals surface area contributed by atoms with E-state index in [2.05, 4.69) is 10.6 Å². The molecule has 188 valence electrons. The van der Waals surface area contributed by atoms with Crippen molar-refractivity contribution in [2.24, 2.45) is 0 Å². The van der Waals surface area contributed by atoms with Crippen molar-refractivity contribution in [1.82, 2.24) is 4.90 Å². The third kappa shape index (κ3) is 5.61. The first-order chi connectivity index (χ1) is 17.3. The molecule has 0 aliphatic carbocycles. The zero-order valence-corrected chi connectivity index (χ0v) is 21.7. The number of anilines is 3. The van der Waals surface area contributed by atoms with E-state index in [-0.39, 0.29) is 11.7 Å². The molecule has 36 heavy (non-hydrogen) atoms. The second-order valence-corrected chi connectivity index (χ2v) is 11.0. The summed E-state index contributed by atoms with van der Waals surface area (Å²) in [6.07, 6.45) is 0.554. The van der Waals surface area contributed by atoms with Crippen LogP contribution in [0.2, 0.25) is 0 Å².